The zero-order valence-corrected chi connectivity index (χ0v) is 18.0. The molecule has 0 saturated heterocycles. The smallest absolute Gasteiger partial charge is 0.350 e. The third kappa shape index (κ3) is 4.06. The summed E-state index contributed by atoms with van der Waals surface area (Å²) in [6, 6.07) is 7.75. The quantitative estimate of drug-likeness (QED) is 0.366. The number of carbonyl (C=O) groups excluding carboxylic acids is 2. The number of rotatable bonds is 4. The van der Waals surface area contributed by atoms with E-state index in [1.54, 1.807) is 13.8 Å². The number of carbonyl (C=O) groups is 2. The lowest BCUT2D eigenvalue weighted by molar-refractivity contribution is -0.138. The van der Waals surface area contributed by atoms with Crippen molar-refractivity contribution in [1.29, 1.82) is 10.5 Å². The van der Waals surface area contributed by atoms with Crippen LogP contribution in [-0.4, -0.2) is 25.2 Å². The number of thioether (sulfide) groups is 4. The van der Waals surface area contributed by atoms with Crippen LogP contribution < -0.4 is 0 Å². The van der Waals surface area contributed by atoms with Crippen LogP contribution in [0.25, 0.3) is 0 Å². The molecule has 1 aromatic carbocycles. The third-order valence-electron chi connectivity index (χ3n) is 3.41. The van der Waals surface area contributed by atoms with Gasteiger partial charge in [-0.25, -0.2) is 9.59 Å². The number of nitriles is 2. The molecule has 6 nitrogen and oxygen atoms in total. The summed E-state index contributed by atoms with van der Waals surface area (Å²) in [6.07, 6.45) is 0. The van der Waals surface area contributed by atoms with Crippen molar-refractivity contribution in [2.75, 3.05) is 13.2 Å². The van der Waals surface area contributed by atoms with Gasteiger partial charge in [-0.1, -0.05) is 47.0 Å². The zero-order valence-electron chi connectivity index (χ0n) is 14.7. The van der Waals surface area contributed by atoms with Crippen LogP contribution in [-0.2, 0) is 19.1 Å². The Hall–Kier alpha value is -1.98. The maximum absolute atomic E-state index is 12.0. The molecule has 142 valence electrons. The van der Waals surface area contributed by atoms with Gasteiger partial charge < -0.3 is 9.47 Å². The molecule has 28 heavy (non-hydrogen) atoms. The van der Waals surface area contributed by atoms with Crippen molar-refractivity contribution in [2.45, 2.75) is 33.4 Å². The van der Waals surface area contributed by atoms with E-state index in [1.807, 2.05) is 24.3 Å². The number of esters is 2. The van der Waals surface area contributed by atoms with E-state index in [1.165, 1.54) is 47.0 Å². The minimum absolute atomic E-state index is 0.00294. The fourth-order valence-corrected chi connectivity index (χ4v) is 7.37. The van der Waals surface area contributed by atoms with Crippen LogP contribution in [0.15, 0.2) is 51.3 Å². The molecule has 0 amide bonds. The van der Waals surface area contributed by atoms with Crippen LogP contribution in [0.5, 0.6) is 0 Å². The van der Waals surface area contributed by atoms with Crippen molar-refractivity contribution in [2.24, 2.45) is 0 Å². The van der Waals surface area contributed by atoms with Crippen molar-refractivity contribution in [1.82, 2.24) is 0 Å². The first kappa shape index (κ1) is 20.7. The lowest BCUT2D eigenvalue weighted by Crippen LogP contribution is -2.07. The highest BCUT2D eigenvalue weighted by atomic mass is 32.2. The first-order chi connectivity index (χ1) is 13.5. The summed E-state index contributed by atoms with van der Waals surface area (Å²) in [5, 5.41) is 18.6. The van der Waals surface area contributed by atoms with Gasteiger partial charge in [0.1, 0.15) is 12.1 Å². The van der Waals surface area contributed by atoms with E-state index in [0.29, 0.717) is 8.47 Å². The normalized spacial score (nSPS) is 13.9. The summed E-state index contributed by atoms with van der Waals surface area (Å²) in [5.74, 6) is -1.25. The van der Waals surface area contributed by atoms with Gasteiger partial charge in [0.2, 0.25) is 0 Å². The highest BCUT2D eigenvalue weighted by molar-refractivity contribution is 8.25. The van der Waals surface area contributed by atoms with Gasteiger partial charge in [-0.3, -0.25) is 0 Å². The summed E-state index contributed by atoms with van der Waals surface area (Å²) in [4.78, 5) is 27.6. The van der Waals surface area contributed by atoms with E-state index < -0.39 is 11.9 Å². The van der Waals surface area contributed by atoms with Gasteiger partial charge in [0.25, 0.3) is 0 Å². The maximum Gasteiger partial charge on any atom is 0.350 e. The van der Waals surface area contributed by atoms with Crippen molar-refractivity contribution in [3.8, 4) is 12.1 Å². The molecule has 0 aliphatic carbocycles. The van der Waals surface area contributed by atoms with Crippen LogP contribution in [0, 0.1) is 22.7 Å². The number of hydrogen-bond donors (Lipinski definition) is 0. The SMILES string of the molecule is CCOC(=O)C(C#N)=C1Sc2cc3c(cc2S1)SC(=C(C#N)C(=O)OCC)S3. The standard InChI is InChI=1S/C18H12N2O4S4/c1-3-23-15(21)9(7-19)17-25-11-5-13-14(6-12(11)26-17)28-18(27-13)10(8-20)16(22)24-4-2/h5-6H,3-4H2,1-2H3. The number of benzene rings is 1. The molecule has 1 aromatic rings. The largest absolute Gasteiger partial charge is 0.462 e. The molecule has 3 rings (SSSR count). The van der Waals surface area contributed by atoms with Crippen LogP contribution in [0.2, 0.25) is 0 Å². The molecule has 2 aliphatic rings. The average Bonchev–Trinajstić information content (AvgIpc) is 3.24. The first-order valence-corrected chi connectivity index (χ1v) is 11.3. The minimum atomic E-state index is -0.623. The fourth-order valence-electron chi connectivity index (χ4n) is 2.24. The minimum Gasteiger partial charge on any atom is -0.462 e. The first-order valence-electron chi connectivity index (χ1n) is 8.04. The molecule has 0 saturated carbocycles. The summed E-state index contributed by atoms with van der Waals surface area (Å²) in [7, 11) is 0. The molecule has 0 radical (unpaired) electrons. The Morgan fingerprint density at radius 1 is 0.786 bits per heavy atom. The van der Waals surface area contributed by atoms with Gasteiger partial charge in [0.15, 0.2) is 11.1 Å². The van der Waals surface area contributed by atoms with Gasteiger partial charge in [-0.15, -0.1) is 0 Å². The molecule has 0 spiro atoms. The molecule has 0 bridgehead atoms. The Labute approximate surface area is 178 Å². The van der Waals surface area contributed by atoms with Crippen LogP contribution in [0.3, 0.4) is 0 Å². The Balaban J connectivity index is 1.89. The number of hydrogen-bond acceptors (Lipinski definition) is 10. The second-order valence-electron chi connectivity index (χ2n) is 5.14. The van der Waals surface area contributed by atoms with Crippen LogP contribution >= 0.6 is 47.0 Å². The number of fused-ring (bicyclic) bond motifs is 2. The average molecular weight is 449 g/mol. The van der Waals surface area contributed by atoms with Crippen molar-refractivity contribution >= 4 is 59.0 Å². The van der Waals surface area contributed by atoms with E-state index in [-0.39, 0.29) is 24.4 Å². The summed E-state index contributed by atoms with van der Waals surface area (Å²) in [5.41, 5.74) is 0.00589. The molecule has 2 aliphatic heterocycles. The molecule has 0 N–H and O–H groups in total. The second-order valence-corrected chi connectivity index (χ2v) is 9.87. The maximum atomic E-state index is 12.0. The van der Waals surface area contributed by atoms with Gasteiger partial charge in [0, 0.05) is 19.6 Å². The van der Waals surface area contributed by atoms with Crippen molar-refractivity contribution in [3.63, 3.8) is 0 Å². The number of ether oxygens (including phenoxy) is 2. The predicted molar refractivity (Wildman–Crippen MR) is 108 cm³/mol. The summed E-state index contributed by atoms with van der Waals surface area (Å²) >= 11 is 5.37. The van der Waals surface area contributed by atoms with Crippen molar-refractivity contribution < 1.29 is 19.1 Å². The van der Waals surface area contributed by atoms with E-state index in [2.05, 4.69) is 0 Å². The van der Waals surface area contributed by atoms with Gasteiger partial charge in [0.05, 0.1) is 21.7 Å². The predicted octanol–water partition coefficient (Wildman–Crippen LogP) is 4.68. The Morgan fingerprint density at radius 3 is 1.36 bits per heavy atom. The van der Waals surface area contributed by atoms with E-state index in [9.17, 15) is 20.1 Å². The van der Waals surface area contributed by atoms with Gasteiger partial charge in [-0.05, 0) is 26.0 Å². The molecule has 2 heterocycles. The van der Waals surface area contributed by atoms with Gasteiger partial charge >= 0.3 is 11.9 Å². The molecule has 0 atom stereocenters. The number of nitrogens with zero attached hydrogens (tertiary/aromatic N) is 2. The molecular formula is C18H12N2O4S4. The van der Waals surface area contributed by atoms with E-state index >= 15 is 0 Å². The molecular weight excluding hydrogens is 436 g/mol. The third-order valence-corrected chi connectivity index (χ3v) is 8.46. The van der Waals surface area contributed by atoms with E-state index in [0.717, 1.165) is 19.6 Å². The Kier molecular flexibility index (Phi) is 6.68. The Morgan fingerprint density at radius 2 is 1.11 bits per heavy atom. The van der Waals surface area contributed by atoms with Gasteiger partial charge in [-0.2, -0.15) is 10.5 Å². The van der Waals surface area contributed by atoms with Crippen molar-refractivity contribution in [3.05, 3.63) is 31.8 Å². The lowest BCUT2D eigenvalue weighted by atomic mass is 10.3. The highest BCUT2D eigenvalue weighted by Gasteiger charge is 2.31. The lowest BCUT2D eigenvalue weighted by Gasteiger charge is -2.02. The molecule has 0 aromatic heterocycles. The summed E-state index contributed by atoms with van der Waals surface area (Å²) < 4.78 is 11.1. The monoisotopic (exact) mass is 448 g/mol. The Bertz CT molecular complexity index is 901. The topological polar surface area (TPSA) is 100 Å². The van der Waals surface area contributed by atoms with Crippen LogP contribution in [0.4, 0.5) is 0 Å². The highest BCUT2D eigenvalue weighted by Crippen LogP contribution is 2.59. The fraction of sp³-hybridized carbons (Fsp3) is 0.222. The van der Waals surface area contributed by atoms with Crippen LogP contribution in [0.1, 0.15) is 13.8 Å². The summed E-state index contributed by atoms with van der Waals surface area (Å²) in [6.45, 7) is 3.80. The second kappa shape index (κ2) is 9.01. The molecule has 0 fully saturated rings. The zero-order chi connectivity index (χ0) is 20.3. The molecule has 0 unspecified atom stereocenters. The molecule has 10 heteroatoms. The van der Waals surface area contributed by atoms with E-state index in [4.69, 9.17) is 9.47 Å².